The summed E-state index contributed by atoms with van der Waals surface area (Å²) in [5, 5.41) is 3.56. The van der Waals surface area contributed by atoms with Gasteiger partial charge in [0.1, 0.15) is 5.52 Å². The second-order valence-corrected chi connectivity index (χ2v) is 5.15. The summed E-state index contributed by atoms with van der Waals surface area (Å²) in [6.07, 6.45) is 1.04. The van der Waals surface area contributed by atoms with Crippen LogP contribution in [0.3, 0.4) is 0 Å². The number of hydrogen-bond donors (Lipinski definition) is 1. The average Bonchev–Trinajstić information content (AvgIpc) is 2.68. The number of likely N-dealkylation sites (N-methyl/N-ethyl adjacent to an activating group) is 1. The number of piperazine rings is 1. The lowest BCUT2D eigenvalue weighted by Crippen LogP contribution is -2.49. The van der Waals surface area contributed by atoms with Crippen LogP contribution >= 0.6 is 0 Å². The summed E-state index contributed by atoms with van der Waals surface area (Å²) >= 11 is 0. The van der Waals surface area contributed by atoms with Crippen molar-refractivity contribution in [3.8, 4) is 0 Å². The summed E-state index contributed by atoms with van der Waals surface area (Å²) in [4.78, 5) is 6.70. The number of hydrogen-bond acceptors (Lipinski definition) is 4. The molecule has 0 saturated carbocycles. The van der Waals surface area contributed by atoms with Gasteiger partial charge in [0.25, 0.3) is 0 Å². The molecule has 4 heteroatoms. The fourth-order valence-electron chi connectivity index (χ4n) is 2.62. The molecule has 2 aromatic rings. The Bertz CT molecular complexity index is 549. The van der Waals surface area contributed by atoms with Gasteiger partial charge < -0.3 is 14.6 Å². The summed E-state index contributed by atoms with van der Waals surface area (Å²) in [7, 11) is 2.18. The number of aryl methyl sites for hydroxylation is 1. The molecule has 0 bridgehead atoms. The molecular weight excluding hydrogens is 226 g/mol. The molecule has 1 atom stereocenters. The lowest BCUT2D eigenvalue weighted by molar-refractivity contribution is 0.238. The number of nitrogens with zero attached hydrogens (tertiary/aromatic N) is 2. The third-order valence-corrected chi connectivity index (χ3v) is 3.50. The summed E-state index contributed by atoms with van der Waals surface area (Å²) in [6, 6.07) is 6.85. The minimum Gasteiger partial charge on any atom is -0.441 e. The maximum atomic E-state index is 5.58. The van der Waals surface area contributed by atoms with Crippen molar-refractivity contribution in [1.29, 1.82) is 0 Å². The molecule has 0 aliphatic carbocycles. The predicted octanol–water partition coefficient (Wildman–Crippen LogP) is 1.58. The number of fused-ring (bicyclic) bond motifs is 1. The van der Waals surface area contributed by atoms with Crippen molar-refractivity contribution in [1.82, 2.24) is 15.2 Å². The van der Waals surface area contributed by atoms with Crippen LogP contribution in [0, 0.1) is 6.92 Å². The third-order valence-electron chi connectivity index (χ3n) is 3.50. The third kappa shape index (κ3) is 2.40. The minimum atomic E-state index is 0.533. The average molecular weight is 245 g/mol. The highest BCUT2D eigenvalue weighted by atomic mass is 16.3. The monoisotopic (exact) mass is 245 g/mol. The first-order valence-electron chi connectivity index (χ1n) is 6.49. The van der Waals surface area contributed by atoms with E-state index >= 15 is 0 Å². The summed E-state index contributed by atoms with van der Waals surface area (Å²) in [6.45, 7) is 5.20. The van der Waals surface area contributed by atoms with E-state index in [2.05, 4.69) is 34.4 Å². The van der Waals surface area contributed by atoms with Crippen molar-refractivity contribution in [2.45, 2.75) is 19.4 Å². The molecule has 0 amide bonds. The fraction of sp³-hybridized carbons (Fsp3) is 0.500. The second kappa shape index (κ2) is 4.71. The molecule has 3 rings (SSSR count). The number of oxazole rings is 1. The van der Waals surface area contributed by atoms with Crippen molar-refractivity contribution in [3.05, 3.63) is 29.7 Å². The van der Waals surface area contributed by atoms with Crippen LogP contribution in [0.15, 0.2) is 22.6 Å². The van der Waals surface area contributed by atoms with E-state index in [9.17, 15) is 0 Å². The maximum absolute atomic E-state index is 5.58. The van der Waals surface area contributed by atoms with Crippen LogP contribution in [0.2, 0.25) is 0 Å². The van der Waals surface area contributed by atoms with E-state index in [-0.39, 0.29) is 0 Å². The Morgan fingerprint density at radius 2 is 2.39 bits per heavy atom. The van der Waals surface area contributed by atoms with E-state index in [1.165, 1.54) is 5.56 Å². The first-order valence-corrected chi connectivity index (χ1v) is 6.49. The quantitative estimate of drug-likeness (QED) is 0.872. The van der Waals surface area contributed by atoms with Crippen molar-refractivity contribution in [2.75, 3.05) is 26.7 Å². The Morgan fingerprint density at radius 1 is 1.50 bits per heavy atom. The van der Waals surface area contributed by atoms with E-state index in [1.54, 1.807) is 0 Å². The summed E-state index contributed by atoms with van der Waals surface area (Å²) in [5.74, 6) is 0.734. The molecule has 1 aromatic carbocycles. The molecular formula is C14H19N3O. The van der Waals surface area contributed by atoms with Gasteiger partial charge in [-0.3, -0.25) is 0 Å². The highest BCUT2D eigenvalue weighted by Crippen LogP contribution is 2.18. The van der Waals surface area contributed by atoms with E-state index < -0.39 is 0 Å². The van der Waals surface area contributed by atoms with E-state index in [0.29, 0.717) is 6.04 Å². The molecule has 1 aromatic heterocycles. The van der Waals surface area contributed by atoms with Gasteiger partial charge in [-0.15, -0.1) is 0 Å². The molecule has 0 radical (unpaired) electrons. The van der Waals surface area contributed by atoms with Gasteiger partial charge in [-0.2, -0.15) is 0 Å². The normalized spacial score (nSPS) is 21.6. The number of rotatable bonds is 2. The topological polar surface area (TPSA) is 41.3 Å². The Kier molecular flexibility index (Phi) is 3.06. The molecule has 18 heavy (non-hydrogen) atoms. The van der Waals surface area contributed by atoms with Crippen LogP contribution < -0.4 is 5.32 Å². The zero-order valence-electron chi connectivity index (χ0n) is 10.9. The van der Waals surface area contributed by atoms with Crippen LogP contribution in [0.5, 0.6) is 0 Å². The predicted molar refractivity (Wildman–Crippen MR) is 71.7 cm³/mol. The van der Waals surface area contributed by atoms with Gasteiger partial charge in [0.15, 0.2) is 11.5 Å². The zero-order valence-corrected chi connectivity index (χ0v) is 10.9. The van der Waals surface area contributed by atoms with Gasteiger partial charge in [0, 0.05) is 32.6 Å². The summed E-state index contributed by atoms with van der Waals surface area (Å²) < 4.78 is 5.58. The van der Waals surface area contributed by atoms with E-state index in [0.717, 1.165) is 43.0 Å². The van der Waals surface area contributed by atoms with Crippen molar-refractivity contribution < 1.29 is 4.42 Å². The Morgan fingerprint density at radius 3 is 3.22 bits per heavy atom. The lowest BCUT2D eigenvalue weighted by Gasteiger charge is -2.30. The molecule has 0 spiro atoms. The first kappa shape index (κ1) is 11.7. The largest absolute Gasteiger partial charge is 0.441 e. The van der Waals surface area contributed by atoms with Crippen molar-refractivity contribution in [3.63, 3.8) is 0 Å². The second-order valence-electron chi connectivity index (χ2n) is 5.15. The first-order chi connectivity index (χ1) is 8.70. The van der Waals surface area contributed by atoms with Crippen molar-refractivity contribution >= 4 is 11.1 Å². The Balaban J connectivity index is 1.77. The SMILES string of the molecule is Cc1nc2ccc(CC3CN(C)CCN3)cc2o1. The number of benzene rings is 1. The van der Waals surface area contributed by atoms with Crippen molar-refractivity contribution in [2.24, 2.45) is 0 Å². The molecule has 1 N–H and O–H groups in total. The van der Waals surface area contributed by atoms with E-state index in [1.807, 2.05) is 13.0 Å². The number of aromatic nitrogens is 1. The lowest BCUT2D eigenvalue weighted by atomic mass is 10.0. The van der Waals surface area contributed by atoms with Crippen LogP contribution in [-0.4, -0.2) is 42.6 Å². The minimum absolute atomic E-state index is 0.533. The molecule has 96 valence electrons. The van der Waals surface area contributed by atoms with Gasteiger partial charge in [-0.05, 0) is 31.2 Å². The Hall–Kier alpha value is -1.39. The highest BCUT2D eigenvalue weighted by Gasteiger charge is 2.17. The van der Waals surface area contributed by atoms with Gasteiger partial charge >= 0.3 is 0 Å². The molecule has 1 fully saturated rings. The zero-order chi connectivity index (χ0) is 12.5. The van der Waals surface area contributed by atoms with Crippen LogP contribution in [-0.2, 0) is 6.42 Å². The van der Waals surface area contributed by atoms with Gasteiger partial charge in [-0.1, -0.05) is 6.07 Å². The van der Waals surface area contributed by atoms with Crippen LogP contribution in [0.25, 0.3) is 11.1 Å². The van der Waals surface area contributed by atoms with Gasteiger partial charge in [0.05, 0.1) is 0 Å². The van der Waals surface area contributed by atoms with Crippen LogP contribution in [0.1, 0.15) is 11.5 Å². The van der Waals surface area contributed by atoms with Gasteiger partial charge in [-0.25, -0.2) is 4.98 Å². The van der Waals surface area contributed by atoms with Crippen LogP contribution in [0.4, 0.5) is 0 Å². The molecule has 2 heterocycles. The molecule has 1 aliphatic heterocycles. The smallest absolute Gasteiger partial charge is 0.192 e. The molecule has 1 aliphatic rings. The highest BCUT2D eigenvalue weighted by molar-refractivity contribution is 5.73. The van der Waals surface area contributed by atoms with E-state index in [4.69, 9.17) is 4.42 Å². The molecule has 4 nitrogen and oxygen atoms in total. The fourth-order valence-corrected chi connectivity index (χ4v) is 2.62. The maximum Gasteiger partial charge on any atom is 0.192 e. The molecule has 1 saturated heterocycles. The number of nitrogens with one attached hydrogen (secondary N) is 1. The summed E-state index contributed by atoms with van der Waals surface area (Å²) in [5.41, 5.74) is 3.16. The molecule has 1 unspecified atom stereocenters. The Labute approximate surface area is 107 Å². The van der Waals surface area contributed by atoms with Gasteiger partial charge in [0.2, 0.25) is 0 Å². The standard InChI is InChI=1S/C14H19N3O/c1-10-16-13-4-3-11(8-14(13)18-10)7-12-9-17(2)6-5-15-12/h3-4,8,12,15H,5-7,9H2,1-2H3.